The molecule has 1 rings (SSSR count). The van der Waals surface area contributed by atoms with Gasteiger partial charge in [0.2, 0.25) is 0 Å². The highest BCUT2D eigenvalue weighted by molar-refractivity contribution is 5.78. The van der Waals surface area contributed by atoms with E-state index in [2.05, 4.69) is 27.7 Å². The van der Waals surface area contributed by atoms with Gasteiger partial charge in [0.15, 0.2) is 0 Å². The molecule has 1 fully saturated rings. The van der Waals surface area contributed by atoms with Crippen LogP contribution in [0.3, 0.4) is 0 Å². The summed E-state index contributed by atoms with van der Waals surface area (Å²) in [6, 6.07) is 0. The Balaban J connectivity index is 0. The molecule has 2 unspecified atom stereocenters. The summed E-state index contributed by atoms with van der Waals surface area (Å²) in [5.74, 6) is 2.80. The summed E-state index contributed by atoms with van der Waals surface area (Å²) in [4.78, 5) is 11.3. The molecule has 0 aliphatic heterocycles. The monoisotopic (exact) mass is 256 g/mol. The number of carbonyl (C=O) groups excluding carboxylic acids is 1. The Morgan fingerprint density at radius 3 is 1.67 bits per heavy atom. The fourth-order valence-electron chi connectivity index (χ4n) is 2.75. The summed E-state index contributed by atoms with van der Waals surface area (Å²) >= 11 is 0. The maximum Gasteiger partial charge on any atom is 0.132 e. The third-order valence-corrected chi connectivity index (χ3v) is 3.19. The van der Waals surface area contributed by atoms with Gasteiger partial charge in [-0.25, -0.2) is 0 Å². The molecule has 0 aromatic carbocycles. The molecule has 0 radical (unpaired) electrons. The molecule has 0 spiro atoms. The molecule has 1 saturated carbocycles. The largest absolute Gasteiger partial charge is 0.300 e. The van der Waals surface area contributed by atoms with Gasteiger partial charge < -0.3 is 0 Å². The van der Waals surface area contributed by atoms with Gasteiger partial charge >= 0.3 is 0 Å². The van der Waals surface area contributed by atoms with E-state index >= 15 is 0 Å². The van der Waals surface area contributed by atoms with Crippen molar-refractivity contribution in [3.63, 3.8) is 0 Å². The Hall–Kier alpha value is -0.330. The van der Waals surface area contributed by atoms with Crippen LogP contribution < -0.4 is 0 Å². The van der Waals surface area contributed by atoms with Gasteiger partial charge in [-0.1, -0.05) is 54.9 Å². The topological polar surface area (TPSA) is 17.1 Å². The summed E-state index contributed by atoms with van der Waals surface area (Å²) < 4.78 is 0. The molecular formula is C17H36O. The minimum Gasteiger partial charge on any atom is -0.300 e. The lowest BCUT2D eigenvalue weighted by Crippen LogP contribution is -2.21. The molecule has 3 atom stereocenters. The van der Waals surface area contributed by atoms with Gasteiger partial charge in [0.25, 0.3) is 0 Å². The van der Waals surface area contributed by atoms with E-state index in [4.69, 9.17) is 0 Å². The smallest absolute Gasteiger partial charge is 0.132 e. The summed E-state index contributed by atoms with van der Waals surface area (Å²) in [5.41, 5.74) is 0. The van der Waals surface area contributed by atoms with Gasteiger partial charge in [0, 0.05) is 12.8 Å². The molecule has 18 heavy (non-hydrogen) atoms. The van der Waals surface area contributed by atoms with E-state index in [9.17, 15) is 4.79 Å². The van der Waals surface area contributed by atoms with Gasteiger partial charge in [0.05, 0.1) is 0 Å². The Bertz CT molecular complexity index is 176. The van der Waals surface area contributed by atoms with Crippen molar-refractivity contribution in [2.45, 2.75) is 87.0 Å². The molecule has 0 amide bonds. The zero-order valence-corrected chi connectivity index (χ0v) is 13.9. The van der Waals surface area contributed by atoms with Crippen LogP contribution in [-0.4, -0.2) is 5.78 Å². The highest BCUT2D eigenvalue weighted by atomic mass is 16.1. The van der Waals surface area contributed by atoms with Crippen molar-refractivity contribution in [2.24, 2.45) is 17.8 Å². The van der Waals surface area contributed by atoms with Crippen LogP contribution in [0, 0.1) is 17.8 Å². The zero-order valence-electron chi connectivity index (χ0n) is 13.9. The standard InChI is InChI=1S/C12H22O.C3H8.C2H6/c1-4-12(13)8-11-6-9(2)5-10(3)7-11;1-3-2;1-2/h9-11H,4-8H2,1-3H3;3H2,1-2H3;1-2H3/t9-,10?,11?;;/m0../s1. The van der Waals surface area contributed by atoms with Crippen LogP contribution >= 0.6 is 0 Å². The second kappa shape index (κ2) is 13.1. The average Bonchev–Trinajstić information content (AvgIpc) is 2.31. The lowest BCUT2D eigenvalue weighted by atomic mass is 9.75. The Kier molecular flexibility index (Phi) is 14.6. The quantitative estimate of drug-likeness (QED) is 0.617. The summed E-state index contributed by atoms with van der Waals surface area (Å²) in [7, 11) is 0. The molecule has 0 saturated heterocycles. The van der Waals surface area contributed by atoms with E-state index in [-0.39, 0.29) is 0 Å². The van der Waals surface area contributed by atoms with Crippen molar-refractivity contribution in [3.8, 4) is 0 Å². The number of hydrogen-bond donors (Lipinski definition) is 0. The normalized spacial score (nSPS) is 26.3. The van der Waals surface area contributed by atoms with Crippen molar-refractivity contribution < 1.29 is 4.79 Å². The molecule has 1 nitrogen and oxygen atoms in total. The molecule has 1 aliphatic rings. The molecule has 0 bridgehead atoms. The van der Waals surface area contributed by atoms with Crippen LogP contribution in [0.2, 0.25) is 0 Å². The zero-order chi connectivity index (χ0) is 14.6. The van der Waals surface area contributed by atoms with Gasteiger partial charge in [-0.05, 0) is 37.0 Å². The fraction of sp³-hybridized carbons (Fsp3) is 0.941. The van der Waals surface area contributed by atoms with E-state index in [0.717, 1.165) is 24.7 Å². The maximum absolute atomic E-state index is 11.3. The summed E-state index contributed by atoms with van der Waals surface area (Å²) in [6.07, 6.45) is 6.72. The van der Waals surface area contributed by atoms with Crippen LogP contribution in [0.15, 0.2) is 0 Å². The van der Waals surface area contributed by atoms with E-state index in [1.807, 2.05) is 20.8 Å². The van der Waals surface area contributed by atoms with Gasteiger partial charge in [-0.2, -0.15) is 0 Å². The van der Waals surface area contributed by atoms with Gasteiger partial charge in [-0.15, -0.1) is 0 Å². The minimum absolute atomic E-state index is 0.450. The molecule has 110 valence electrons. The third kappa shape index (κ3) is 10.8. The molecule has 0 aromatic heterocycles. The van der Waals surface area contributed by atoms with Crippen LogP contribution in [0.25, 0.3) is 0 Å². The first-order chi connectivity index (χ1) is 8.53. The maximum atomic E-state index is 11.3. The fourth-order valence-corrected chi connectivity index (χ4v) is 2.75. The van der Waals surface area contributed by atoms with Crippen molar-refractivity contribution in [1.29, 1.82) is 0 Å². The van der Waals surface area contributed by atoms with Gasteiger partial charge in [-0.3, -0.25) is 4.79 Å². The van der Waals surface area contributed by atoms with E-state index < -0.39 is 0 Å². The lowest BCUT2D eigenvalue weighted by molar-refractivity contribution is -0.120. The SMILES string of the molecule is CC.CCC.CCC(=O)CC1CC(C)C[C@H](C)C1. The van der Waals surface area contributed by atoms with Crippen LogP contribution in [-0.2, 0) is 4.79 Å². The molecule has 0 N–H and O–H groups in total. The Morgan fingerprint density at radius 1 is 0.944 bits per heavy atom. The van der Waals surface area contributed by atoms with E-state index in [1.54, 1.807) is 0 Å². The highest BCUT2D eigenvalue weighted by Gasteiger charge is 2.24. The van der Waals surface area contributed by atoms with Crippen molar-refractivity contribution in [1.82, 2.24) is 0 Å². The second-order valence-corrected chi connectivity index (χ2v) is 5.59. The van der Waals surface area contributed by atoms with E-state index in [1.165, 1.54) is 25.7 Å². The number of Topliss-reactive ketones (excluding diaryl/α,β-unsaturated/α-hetero) is 1. The third-order valence-electron chi connectivity index (χ3n) is 3.19. The first kappa shape index (κ1) is 20.0. The van der Waals surface area contributed by atoms with Crippen molar-refractivity contribution >= 4 is 5.78 Å². The summed E-state index contributed by atoms with van der Waals surface area (Å²) in [6.45, 7) is 14.9. The lowest BCUT2D eigenvalue weighted by Gasteiger charge is -2.30. The van der Waals surface area contributed by atoms with Crippen molar-refractivity contribution in [3.05, 3.63) is 0 Å². The number of ketones is 1. The molecular weight excluding hydrogens is 220 g/mol. The van der Waals surface area contributed by atoms with Gasteiger partial charge in [0.1, 0.15) is 5.78 Å². The predicted molar refractivity (Wildman–Crippen MR) is 82.9 cm³/mol. The first-order valence-corrected chi connectivity index (χ1v) is 8.04. The average molecular weight is 256 g/mol. The van der Waals surface area contributed by atoms with Crippen LogP contribution in [0.4, 0.5) is 0 Å². The number of hydrogen-bond acceptors (Lipinski definition) is 1. The minimum atomic E-state index is 0.450. The molecule has 0 aromatic rings. The first-order valence-electron chi connectivity index (χ1n) is 8.04. The highest BCUT2D eigenvalue weighted by Crippen LogP contribution is 2.34. The Labute approximate surface area is 116 Å². The summed E-state index contributed by atoms with van der Waals surface area (Å²) in [5, 5.41) is 0. The van der Waals surface area contributed by atoms with E-state index in [0.29, 0.717) is 11.7 Å². The molecule has 0 heterocycles. The van der Waals surface area contributed by atoms with Crippen molar-refractivity contribution in [2.75, 3.05) is 0 Å². The molecule has 1 aliphatic carbocycles. The molecule has 1 heteroatoms. The van der Waals surface area contributed by atoms with Crippen LogP contribution in [0.5, 0.6) is 0 Å². The Morgan fingerprint density at radius 2 is 1.33 bits per heavy atom. The van der Waals surface area contributed by atoms with Crippen LogP contribution in [0.1, 0.15) is 87.0 Å². The predicted octanol–water partition coefficient (Wildman–Crippen LogP) is 5.87. The number of carbonyl (C=O) groups is 1. The second-order valence-electron chi connectivity index (χ2n) is 5.59. The number of rotatable bonds is 3.